The van der Waals surface area contributed by atoms with Crippen LogP contribution in [0.4, 0.5) is 5.13 Å². The highest BCUT2D eigenvalue weighted by Gasteiger charge is 2.20. The average molecular weight is 311 g/mol. The molecule has 0 radical (unpaired) electrons. The number of hydrogen-bond acceptors (Lipinski definition) is 5. The lowest BCUT2D eigenvalue weighted by Gasteiger charge is -2.13. The molecule has 1 aromatic carbocycles. The molecular weight excluding hydrogens is 294 g/mol. The van der Waals surface area contributed by atoms with Crippen molar-refractivity contribution in [1.29, 1.82) is 0 Å². The summed E-state index contributed by atoms with van der Waals surface area (Å²) in [5.41, 5.74) is 2.65. The van der Waals surface area contributed by atoms with E-state index in [9.17, 15) is 8.42 Å². The predicted octanol–water partition coefficient (Wildman–Crippen LogP) is 2.28. The number of anilines is 1. The van der Waals surface area contributed by atoms with Gasteiger partial charge in [-0.2, -0.15) is 0 Å². The molecule has 0 fully saturated rings. The maximum Gasteiger partial charge on any atom is 0.263 e. The molecule has 0 amide bonds. The summed E-state index contributed by atoms with van der Waals surface area (Å²) in [6.07, 6.45) is 1.57. The standard InChI is InChI=1S/C13H17N3O2S2/c1-9-6-11(8-14-3)7-12(10(9)2)20(17,18)16-13-15-4-5-19-13/h4-7,14H,8H2,1-3H3,(H,15,16). The number of nitrogens with zero attached hydrogens (tertiary/aromatic N) is 1. The van der Waals surface area contributed by atoms with Crippen LogP contribution in [-0.4, -0.2) is 20.4 Å². The van der Waals surface area contributed by atoms with Crippen LogP contribution >= 0.6 is 11.3 Å². The third-order valence-corrected chi connectivity index (χ3v) is 5.29. The van der Waals surface area contributed by atoms with Crippen molar-refractivity contribution >= 4 is 26.5 Å². The van der Waals surface area contributed by atoms with E-state index in [0.717, 1.165) is 16.7 Å². The van der Waals surface area contributed by atoms with Gasteiger partial charge in [0.05, 0.1) is 4.90 Å². The van der Waals surface area contributed by atoms with E-state index in [4.69, 9.17) is 0 Å². The number of aromatic nitrogens is 1. The first kappa shape index (κ1) is 15.0. The number of thiazole rings is 1. The molecule has 20 heavy (non-hydrogen) atoms. The van der Waals surface area contributed by atoms with Gasteiger partial charge in [-0.25, -0.2) is 13.4 Å². The number of hydrogen-bond donors (Lipinski definition) is 2. The van der Waals surface area contributed by atoms with Crippen LogP contribution in [0.15, 0.2) is 28.6 Å². The molecule has 1 aromatic heterocycles. The van der Waals surface area contributed by atoms with E-state index in [1.807, 2.05) is 27.0 Å². The molecule has 5 nitrogen and oxygen atoms in total. The van der Waals surface area contributed by atoms with E-state index < -0.39 is 10.0 Å². The molecule has 2 rings (SSSR count). The van der Waals surface area contributed by atoms with E-state index in [-0.39, 0.29) is 0 Å². The summed E-state index contributed by atoms with van der Waals surface area (Å²) < 4.78 is 27.4. The molecule has 0 spiro atoms. The molecule has 1 heterocycles. The number of rotatable bonds is 5. The highest BCUT2D eigenvalue weighted by Crippen LogP contribution is 2.24. The van der Waals surface area contributed by atoms with Gasteiger partial charge in [0.15, 0.2) is 5.13 Å². The second-order valence-electron chi connectivity index (χ2n) is 4.51. The molecular formula is C13H17N3O2S2. The van der Waals surface area contributed by atoms with Gasteiger partial charge >= 0.3 is 0 Å². The lowest BCUT2D eigenvalue weighted by Crippen LogP contribution is -2.16. The monoisotopic (exact) mass is 311 g/mol. The van der Waals surface area contributed by atoms with Crippen LogP contribution in [-0.2, 0) is 16.6 Å². The van der Waals surface area contributed by atoms with E-state index in [0.29, 0.717) is 16.6 Å². The largest absolute Gasteiger partial charge is 0.316 e. The Balaban J connectivity index is 2.44. The summed E-state index contributed by atoms with van der Waals surface area (Å²) in [6.45, 7) is 4.35. The lowest BCUT2D eigenvalue weighted by molar-refractivity contribution is 0.600. The molecule has 7 heteroatoms. The average Bonchev–Trinajstić information content (AvgIpc) is 2.85. The first-order chi connectivity index (χ1) is 9.44. The summed E-state index contributed by atoms with van der Waals surface area (Å²) in [5, 5.41) is 5.13. The molecule has 2 N–H and O–H groups in total. The Hall–Kier alpha value is -1.44. The summed E-state index contributed by atoms with van der Waals surface area (Å²) in [7, 11) is -1.78. The van der Waals surface area contributed by atoms with Crippen LogP contribution in [0.2, 0.25) is 0 Å². The fourth-order valence-corrected chi connectivity index (χ4v) is 4.09. The SMILES string of the molecule is CNCc1cc(C)c(C)c(S(=O)(=O)Nc2nccs2)c1. The maximum atomic E-state index is 12.5. The van der Waals surface area contributed by atoms with E-state index in [1.54, 1.807) is 17.6 Å². The van der Waals surface area contributed by atoms with Crippen molar-refractivity contribution in [2.24, 2.45) is 0 Å². The molecule has 2 aromatic rings. The molecule has 0 aliphatic rings. The van der Waals surface area contributed by atoms with Gasteiger partial charge < -0.3 is 5.32 Å². The van der Waals surface area contributed by atoms with Gasteiger partial charge in [0.25, 0.3) is 10.0 Å². The van der Waals surface area contributed by atoms with Gasteiger partial charge in [0.1, 0.15) is 0 Å². The molecule has 0 unspecified atom stereocenters. The Bertz CT molecular complexity index is 695. The molecule has 0 saturated heterocycles. The van der Waals surface area contributed by atoms with Crippen LogP contribution < -0.4 is 10.0 Å². The smallest absolute Gasteiger partial charge is 0.263 e. The molecule has 108 valence electrons. The zero-order valence-corrected chi connectivity index (χ0v) is 13.2. The van der Waals surface area contributed by atoms with Crippen molar-refractivity contribution in [3.05, 3.63) is 40.4 Å². The molecule has 0 aliphatic carbocycles. The number of aryl methyl sites for hydroxylation is 1. The lowest BCUT2D eigenvalue weighted by atomic mass is 10.1. The first-order valence-electron chi connectivity index (χ1n) is 6.11. The zero-order valence-electron chi connectivity index (χ0n) is 11.6. The van der Waals surface area contributed by atoms with Crippen LogP contribution in [0.5, 0.6) is 0 Å². The summed E-state index contributed by atoms with van der Waals surface area (Å²) >= 11 is 1.26. The highest BCUT2D eigenvalue weighted by atomic mass is 32.2. The summed E-state index contributed by atoms with van der Waals surface area (Å²) in [4.78, 5) is 4.26. The Morgan fingerprint density at radius 1 is 1.30 bits per heavy atom. The summed E-state index contributed by atoms with van der Waals surface area (Å²) in [6, 6.07) is 3.70. The fraction of sp³-hybridized carbons (Fsp3) is 0.308. The van der Waals surface area contributed by atoms with Gasteiger partial charge in [0.2, 0.25) is 0 Å². The minimum absolute atomic E-state index is 0.304. The minimum atomic E-state index is -3.61. The van der Waals surface area contributed by atoms with Crippen LogP contribution in [0.1, 0.15) is 16.7 Å². The van der Waals surface area contributed by atoms with Crippen LogP contribution in [0, 0.1) is 13.8 Å². The second-order valence-corrected chi connectivity index (χ2v) is 7.05. The zero-order chi connectivity index (χ0) is 14.8. The van der Waals surface area contributed by atoms with Crippen molar-refractivity contribution < 1.29 is 8.42 Å². The van der Waals surface area contributed by atoms with Gasteiger partial charge in [0, 0.05) is 18.1 Å². The van der Waals surface area contributed by atoms with E-state index in [1.165, 1.54) is 11.3 Å². The summed E-state index contributed by atoms with van der Waals surface area (Å²) in [5.74, 6) is 0. The second kappa shape index (κ2) is 5.90. The first-order valence-corrected chi connectivity index (χ1v) is 8.47. The minimum Gasteiger partial charge on any atom is -0.316 e. The van der Waals surface area contributed by atoms with E-state index in [2.05, 4.69) is 15.0 Å². The van der Waals surface area contributed by atoms with Gasteiger partial charge in [-0.1, -0.05) is 6.07 Å². The number of benzene rings is 1. The van der Waals surface area contributed by atoms with Gasteiger partial charge in [-0.15, -0.1) is 11.3 Å². The maximum absolute atomic E-state index is 12.5. The van der Waals surface area contributed by atoms with Crippen molar-refractivity contribution in [1.82, 2.24) is 10.3 Å². The number of sulfonamides is 1. The predicted molar refractivity (Wildman–Crippen MR) is 81.6 cm³/mol. The van der Waals surface area contributed by atoms with Crippen molar-refractivity contribution in [2.75, 3.05) is 11.8 Å². The number of nitrogens with one attached hydrogen (secondary N) is 2. The third kappa shape index (κ3) is 3.17. The van der Waals surface area contributed by atoms with Gasteiger partial charge in [-0.3, -0.25) is 4.72 Å². The Morgan fingerprint density at radius 2 is 2.05 bits per heavy atom. The molecule has 0 atom stereocenters. The third-order valence-electron chi connectivity index (χ3n) is 3.00. The molecule has 0 bridgehead atoms. The topological polar surface area (TPSA) is 71.1 Å². The van der Waals surface area contributed by atoms with Gasteiger partial charge in [-0.05, 0) is 43.7 Å². The van der Waals surface area contributed by atoms with Crippen LogP contribution in [0.25, 0.3) is 0 Å². The Labute approximate surface area is 123 Å². The fourth-order valence-electron chi connectivity index (χ4n) is 1.93. The van der Waals surface area contributed by atoms with Crippen LogP contribution in [0.3, 0.4) is 0 Å². The quantitative estimate of drug-likeness (QED) is 0.888. The normalized spacial score (nSPS) is 11.6. The Morgan fingerprint density at radius 3 is 2.65 bits per heavy atom. The van der Waals surface area contributed by atoms with E-state index >= 15 is 0 Å². The van der Waals surface area contributed by atoms with Crippen molar-refractivity contribution in [3.63, 3.8) is 0 Å². The highest BCUT2D eigenvalue weighted by molar-refractivity contribution is 7.93. The van der Waals surface area contributed by atoms with Crippen molar-refractivity contribution in [2.45, 2.75) is 25.3 Å². The van der Waals surface area contributed by atoms with Crippen molar-refractivity contribution in [3.8, 4) is 0 Å². The molecule has 0 aliphatic heterocycles. The Kier molecular flexibility index (Phi) is 4.42. The molecule has 0 saturated carbocycles.